The van der Waals surface area contributed by atoms with E-state index in [0.717, 1.165) is 11.0 Å². The average Bonchev–Trinajstić information content (AvgIpc) is 2.95. The van der Waals surface area contributed by atoms with Crippen molar-refractivity contribution < 1.29 is 9.59 Å². The monoisotopic (exact) mass is 295 g/mol. The molecule has 0 fully saturated rings. The summed E-state index contributed by atoms with van der Waals surface area (Å²) in [4.78, 5) is 30.0. The molecule has 0 atom stereocenters. The molecule has 3 aromatic rings. The van der Waals surface area contributed by atoms with Crippen LogP contribution in [0.25, 0.3) is 11.0 Å². The van der Waals surface area contributed by atoms with Crippen molar-refractivity contribution in [2.24, 2.45) is 5.73 Å². The lowest BCUT2D eigenvalue weighted by Gasteiger charge is -2.08. The molecule has 110 valence electrons. The smallest absolute Gasteiger partial charge is 0.323 e. The molecule has 0 saturated heterocycles. The number of amides is 3. The number of primary amides is 1. The molecule has 0 saturated carbocycles. The van der Waals surface area contributed by atoms with Gasteiger partial charge in [-0.15, -0.1) is 0 Å². The van der Waals surface area contributed by atoms with Crippen LogP contribution in [0.4, 0.5) is 16.2 Å². The molecule has 22 heavy (non-hydrogen) atoms. The molecule has 7 heteroatoms. The van der Waals surface area contributed by atoms with E-state index in [1.54, 1.807) is 42.7 Å². The van der Waals surface area contributed by atoms with E-state index in [1.165, 1.54) is 0 Å². The first kappa shape index (κ1) is 13.6. The molecule has 1 heterocycles. The highest BCUT2D eigenvalue weighted by molar-refractivity contribution is 6.01. The van der Waals surface area contributed by atoms with Gasteiger partial charge >= 0.3 is 6.03 Å². The first-order chi connectivity index (χ1) is 10.6. The minimum atomic E-state index is -0.510. The minimum Gasteiger partial charge on any atom is -0.366 e. The third kappa shape index (κ3) is 2.88. The van der Waals surface area contributed by atoms with Gasteiger partial charge in [0.25, 0.3) is 0 Å². The number of benzene rings is 2. The topological polar surface area (TPSA) is 113 Å². The van der Waals surface area contributed by atoms with Crippen LogP contribution in [-0.2, 0) is 0 Å². The highest BCUT2D eigenvalue weighted by atomic mass is 16.2. The van der Waals surface area contributed by atoms with Crippen molar-refractivity contribution in [3.8, 4) is 0 Å². The Bertz CT molecular complexity index is 839. The molecule has 5 N–H and O–H groups in total. The van der Waals surface area contributed by atoms with Gasteiger partial charge in [0.05, 0.1) is 17.4 Å². The Morgan fingerprint density at radius 3 is 2.41 bits per heavy atom. The standard InChI is InChI=1S/C15H13N5O2/c16-14(21)9-1-3-10(4-2-9)19-15(22)20-11-5-6-12-13(7-11)18-8-17-12/h1-8H,(H2,16,21)(H,17,18)(H2,19,20,22). The van der Waals surface area contributed by atoms with Gasteiger partial charge in [0.2, 0.25) is 5.91 Å². The summed E-state index contributed by atoms with van der Waals surface area (Å²) in [5.41, 5.74) is 8.41. The van der Waals surface area contributed by atoms with E-state index in [-0.39, 0.29) is 6.03 Å². The van der Waals surface area contributed by atoms with Gasteiger partial charge in [-0.25, -0.2) is 9.78 Å². The molecule has 0 radical (unpaired) electrons. The van der Waals surface area contributed by atoms with E-state index in [9.17, 15) is 9.59 Å². The van der Waals surface area contributed by atoms with Gasteiger partial charge in [-0.2, -0.15) is 0 Å². The van der Waals surface area contributed by atoms with Crippen LogP contribution in [0.2, 0.25) is 0 Å². The number of nitrogens with zero attached hydrogens (tertiary/aromatic N) is 1. The Morgan fingerprint density at radius 2 is 1.68 bits per heavy atom. The van der Waals surface area contributed by atoms with Crippen molar-refractivity contribution in [3.63, 3.8) is 0 Å². The van der Waals surface area contributed by atoms with Gasteiger partial charge in [-0.3, -0.25) is 4.79 Å². The number of aromatic amines is 1. The zero-order chi connectivity index (χ0) is 15.5. The zero-order valence-corrected chi connectivity index (χ0v) is 11.5. The van der Waals surface area contributed by atoms with Gasteiger partial charge in [-0.05, 0) is 42.5 Å². The van der Waals surface area contributed by atoms with Crippen LogP contribution in [0, 0.1) is 0 Å². The maximum absolute atomic E-state index is 11.9. The van der Waals surface area contributed by atoms with Crippen LogP contribution < -0.4 is 16.4 Å². The molecule has 3 rings (SSSR count). The number of hydrogen-bond acceptors (Lipinski definition) is 3. The molecule has 0 unspecified atom stereocenters. The number of imidazole rings is 1. The van der Waals surface area contributed by atoms with Crippen molar-refractivity contribution in [1.29, 1.82) is 0 Å². The van der Waals surface area contributed by atoms with Crippen molar-refractivity contribution in [1.82, 2.24) is 9.97 Å². The number of anilines is 2. The number of nitrogens with two attached hydrogens (primary N) is 1. The second-order valence-corrected chi connectivity index (χ2v) is 4.66. The van der Waals surface area contributed by atoms with Crippen LogP contribution in [0.1, 0.15) is 10.4 Å². The fourth-order valence-electron chi connectivity index (χ4n) is 2.02. The number of carbonyl (C=O) groups excluding carboxylic acids is 2. The maximum atomic E-state index is 11.9. The molecule has 1 aromatic heterocycles. The van der Waals surface area contributed by atoms with Gasteiger partial charge in [0, 0.05) is 16.9 Å². The molecule has 0 aliphatic heterocycles. The highest BCUT2D eigenvalue weighted by Gasteiger charge is 2.05. The number of fused-ring (bicyclic) bond motifs is 1. The van der Waals surface area contributed by atoms with Crippen molar-refractivity contribution >= 4 is 34.3 Å². The van der Waals surface area contributed by atoms with Gasteiger partial charge in [0.15, 0.2) is 0 Å². The number of aromatic nitrogens is 2. The second-order valence-electron chi connectivity index (χ2n) is 4.66. The molecular weight excluding hydrogens is 282 g/mol. The van der Waals surface area contributed by atoms with Gasteiger partial charge in [0.1, 0.15) is 0 Å². The van der Waals surface area contributed by atoms with Crippen LogP contribution in [-0.4, -0.2) is 21.9 Å². The quantitative estimate of drug-likeness (QED) is 0.594. The predicted octanol–water partition coefficient (Wildman–Crippen LogP) is 2.31. The fraction of sp³-hybridized carbons (Fsp3) is 0. The second kappa shape index (κ2) is 5.57. The third-order valence-corrected chi connectivity index (χ3v) is 3.11. The summed E-state index contributed by atoms with van der Waals surface area (Å²) >= 11 is 0. The Hall–Kier alpha value is -3.35. The first-order valence-electron chi connectivity index (χ1n) is 6.53. The average molecular weight is 295 g/mol. The highest BCUT2D eigenvalue weighted by Crippen LogP contribution is 2.16. The lowest BCUT2D eigenvalue weighted by atomic mass is 10.2. The largest absolute Gasteiger partial charge is 0.366 e. The summed E-state index contributed by atoms with van der Waals surface area (Å²) in [5, 5.41) is 5.39. The predicted molar refractivity (Wildman–Crippen MR) is 83.7 cm³/mol. The first-order valence-corrected chi connectivity index (χ1v) is 6.53. The third-order valence-electron chi connectivity index (χ3n) is 3.11. The molecular formula is C15H13N5O2. The zero-order valence-electron chi connectivity index (χ0n) is 11.5. The molecule has 0 spiro atoms. The number of H-pyrrole nitrogens is 1. The molecule has 2 aromatic carbocycles. The number of nitrogens with one attached hydrogen (secondary N) is 3. The summed E-state index contributed by atoms with van der Waals surface area (Å²) in [7, 11) is 0. The molecule has 7 nitrogen and oxygen atoms in total. The van der Waals surface area contributed by atoms with Crippen LogP contribution in [0.5, 0.6) is 0 Å². The van der Waals surface area contributed by atoms with E-state index >= 15 is 0 Å². The van der Waals surface area contributed by atoms with E-state index < -0.39 is 5.91 Å². The van der Waals surface area contributed by atoms with E-state index in [0.29, 0.717) is 16.9 Å². The maximum Gasteiger partial charge on any atom is 0.323 e. The normalized spacial score (nSPS) is 10.4. The van der Waals surface area contributed by atoms with Crippen LogP contribution >= 0.6 is 0 Å². The lowest BCUT2D eigenvalue weighted by molar-refractivity contribution is 0.100. The molecule has 3 amide bonds. The number of rotatable bonds is 3. The summed E-state index contributed by atoms with van der Waals surface area (Å²) in [6.07, 6.45) is 1.59. The van der Waals surface area contributed by atoms with Gasteiger partial charge < -0.3 is 21.4 Å². The Labute approximate surface area is 125 Å². The lowest BCUT2D eigenvalue weighted by Crippen LogP contribution is -2.19. The van der Waals surface area contributed by atoms with Crippen molar-refractivity contribution in [2.45, 2.75) is 0 Å². The van der Waals surface area contributed by atoms with E-state index in [1.807, 2.05) is 6.07 Å². The summed E-state index contributed by atoms with van der Waals surface area (Å²) in [6.45, 7) is 0. The number of hydrogen-bond donors (Lipinski definition) is 4. The Morgan fingerprint density at radius 1 is 1.00 bits per heavy atom. The Kier molecular flexibility index (Phi) is 3.45. The minimum absolute atomic E-state index is 0.384. The van der Waals surface area contributed by atoms with E-state index in [4.69, 9.17) is 5.73 Å². The summed E-state index contributed by atoms with van der Waals surface area (Å²) in [5.74, 6) is -0.510. The van der Waals surface area contributed by atoms with Crippen LogP contribution in [0.3, 0.4) is 0 Å². The number of urea groups is 1. The SMILES string of the molecule is NC(=O)c1ccc(NC(=O)Nc2ccc3nc[nH]c3c2)cc1. The van der Waals surface area contributed by atoms with Crippen LogP contribution in [0.15, 0.2) is 48.8 Å². The molecule has 0 bridgehead atoms. The fourth-order valence-corrected chi connectivity index (χ4v) is 2.02. The van der Waals surface area contributed by atoms with E-state index in [2.05, 4.69) is 20.6 Å². The summed E-state index contributed by atoms with van der Waals surface area (Å²) in [6, 6.07) is 11.3. The van der Waals surface area contributed by atoms with Crippen molar-refractivity contribution in [3.05, 3.63) is 54.4 Å². The Balaban J connectivity index is 1.67. The van der Waals surface area contributed by atoms with Crippen molar-refractivity contribution in [2.75, 3.05) is 10.6 Å². The van der Waals surface area contributed by atoms with Gasteiger partial charge in [-0.1, -0.05) is 0 Å². The molecule has 0 aliphatic rings. The molecule has 0 aliphatic carbocycles. The summed E-state index contributed by atoms with van der Waals surface area (Å²) < 4.78 is 0. The number of carbonyl (C=O) groups is 2.